The van der Waals surface area contributed by atoms with Gasteiger partial charge in [0.15, 0.2) is 0 Å². The van der Waals surface area contributed by atoms with Gasteiger partial charge in [0.25, 0.3) is 0 Å². The molecular formula is C21H24ClFN4O. The molecular weight excluding hydrogens is 379 g/mol. The summed E-state index contributed by atoms with van der Waals surface area (Å²) in [7, 11) is 0. The average molecular weight is 403 g/mol. The summed E-state index contributed by atoms with van der Waals surface area (Å²) in [4.78, 5) is 6.94. The molecule has 0 spiro atoms. The predicted molar refractivity (Wildman–Crippen MR) is 109 cm³/mol. The highest BCUT2D eigenvalue weighted by Gasteiger charge is 2.26. The van der Waals surface area contributed by atoms with Crippen LogP contribution in [0.5, 0.6) is 0 Å². The first-order chi connectivity index (χ1) is 13.2. The van der Waals surface area contributed by atoms with Crippen molar-refractivity contribution in [2.75, 3.05) is 13.1 Å². The molecule has 2 N–H and O–H groups in total. The van der Waals surface area contributed by atoms with Crippen LogP contribution in [0.15, 0.2) is 53.1 Å². The van der Waals surface area contributed by atoms with Crippen molar-refractivity contribution in [3.63, 3.8) is 0 Å². The van der Waals surface area contributed by atoms with Crippen LogP contribution in [-0.4, -0.2) is 28.1 Å². The number of halogens is 2. The van der Waals surface area contributed by atoms with Crippen LogP contribution in [0.25, 0.3) is 11.4 Å². The Kier molecular flexibility index (Phi) is 6.78. The summed E-state index contributed by atoms with van der Waals surface area (Å²) in [6.07, 6.45) is 2.08. The van der Waals surface area contributed by atoms with Crippen molar-refractivity contribution in [1.29, 1.82) is 0 Å². The van der Waals surface area contributed by atoms with E-state index < -0.39 is 0 Å². The van der Waals surface area contributed by atoms with Gasteiger partial charge in [-0.25, -0.2) is 4.39 Å². The van der Waals surface area contributed by atoms with E-state index in [1.54, 1.807) is 12.1 Å². The lowest BCUT2D eigenvalue weighted by atomic mass is 9.97. The Morgan fingerprint density at radius 2 is 1.96 bits per heavy atom. The fourth-order valence-electron chi connectivity index (χ4n) is 3.60. The molecule has 5 nitrogen and oxygen atoms in total. The maximum Gasteiger partial charge on any atom is 0.231 e. The zero-order valence-electron chi connectivity index (χ0n) is 15.6. The minimum Gasteiger partial charge on any atom is -0.339 e. The zero-order valence-corrected chi connectivity index (χ0v) is 16.4. The third-order valence-corrected chi connectivity index (χ3v) is 5.04. The van der Waals surface area contributed by atoms with Crippen molar-refractivity contribution in [1.82, 2.24) is 15.0 Å². The molecule has 7 heteroatoms. The molecule has 1 aliphatic heterocycles. The number of rotatable bonds is 5. The van der Waals surface area contributed by atoms with E-state index in [1.807, 2.05) is 30.3 Å². The number of likely N-dealkylation sites (tertiary alicyclic amines) is 1. The Hall–Kier alpha value is -2.28. The van der Waals surface area contributed by atoms with Gasteiger partial charge in [-0.05, 0) is 42.6 Å². The highest BCUT2D eigenvalue weighted by atomic mass is 35.5. The van der Waals surface area contributed by atoms with Crippen LogP contribution in [0.4, 0.5) is 4.39 Å². The van der Waals surface area contributed by atoms with E-state index in [4.69, 9.17) is 10.3 Å². The molecule has 0 aliphatic carbocycles. The number of nitrogens with two attached hydrogens (primary N) is 1. The number of piperidine rings is 1. The van der Waals surface area contributed by atoms with E-state index in [9.17, 15) is 4.39 Å². The Bertz CT molecular complexity index is 899. The van der Waals surface area contributed by atoms with E-state index in [-0.39, 0.29) is 24.1 Å². The van der Waals surface area contributed by atoms with Crippen molar-refractivity contribution in [2.24, 2.45) is 5.73 Å². The van der Waals surface area contributed by atoms with Crippen LogP contribution >= 0.6 is 12.4 Å². The average Bonchev–Trinajstić information content (AvgIpc) is 3.19. The molecule has 1 fully saturated rings. The lowest BCUT2D eigenvalue weighted by Crippen LogP contribution is -2.34. The molecule has 28 heavy (non-hydrogen) atoms. The molecule has 1 atom stereocenters. The van der Waals surface area contributed by atoms with Crippen molar-refractivity contribution in [3.8, 4) is 11.4 Å². The predicted octanol–water partition coefficient (Wildman–Crippen LogP) is 4.14. The molecule has 1 unspecified atom stereocenters. The van der Waals surface area contributed by atoms with Gasteiger partial charge in [-0.2, -0.15) is 4.98 Å². The summed E-state index contributed by atoms with van der Waals surface area (Å²) in [5, 5.41) is 4.15. The summed E-state index contributed by atoms with van der Waals surface area (Å²) in [5.74, 6) is 1.30. The molecule has 0 radical (unpaired) electrons. The van der Waals surface area contributed by atoms with Gasteiger partial charge in [0.2, 0.25) is 11.7 Å². The summed E-state index contributed by atoms with van der Waals surface area (Å²) >= 11 is 0. The van der Waals surface area contributed by atoms with Gasteiger partial charge in [0.05, 0.1) is 5.92 Å². The third-order valence-electron chi connectivity index (χ3n) is 5.04. The normalized spacial score (nSPS) is 17.3. The molecule has 0 amide bonds. The van der Waals surface area contributed by atoms with Crippen molar-refractivity contribution >= 4 is 12.4 Å². The van der Waals surface area contributed by atoms with Gasteiger partial charge in [-0.1, -0.05) is 41.6 Å². The first-order valence-corrected chi connectivity index (χ1v) is 9.31. The first kappa shape index (κ1) is 20.5. The summed E-state index contributed by atoms with van der Waals surface area (Å²) in [6.45, 7) is 3.08. The summed E-state index contributed by atoms with van der Waals surface area (Å²) in [6, 6.07) is 14.7. The SMILES string of the molecule is Cl.NCc1ccc(-c2noc(C3CCCN(Cc4cccc(F)c4)C3)n2)cc1. The Morgan fingerprint density at radius 3 is 2.71 bits per heavy atom. The van der Waals surface area contributed by atoms with Crippen LogP contribution in [-0.2, 0) is 13.1 Å². The Balaban J connectivity index is 0.00000225. The minimum atomic E-state index is -0.191. The van der Waals surface area contributed by atoms with Crippen LogP contribution < -0.4 is 5.73 Å². The van der Waals surface area contributed by atoms with Crippen LogP contribution in [0, 0.1) is 5.82 Å². The van der Waals surface area contributed by atoms with Crippen LogP contribution in [0.2, 0.25) is 0 Å². The molecule has 4 rings (SSSR count). The molecule has 148 valence electrons. The molecule has 3 aromatic rings. The number of benzene rings is 2. The largest absolute Gasteiger partial charge is 0.339 e. The zero-order chi connectivity index (χ0) is 18.6. The monoisotopic (exact) mass is 402 g/mol. The molecule has 2 aromatic carbocycles. The van der Waals surface area contributed by atoms with E-state index in [0.29, 0.717) is 18.3 Å². The highest BCUT2D eigenvalue weighted by molar-refractivity contribution is 5.85. The molecule has 1 saturated heterocycles. The summed E-state index contributed by atoms with van der Waals surface area (Å²) in [5.41, 5.74) is 8.63. The second-order valence-corrected chi connectivity index (χ2v) is 7.06. The van der Waals surface area contributed by atoms with E-state index >= 15 is 0 Å². The van der Waals surface area contributed by atoms with Gasteiger partial charge >= 0.3 is 0 Å². The van der Waals surface area contributed by atoms with E-state index in [1.165, 1.54) is 6.07 Å². The van der Waals surface area contributed by atoms with Crippen molar-refractivity contribution < 1.29 is 8.91 Å². The maximum absolute atomic E-state index is 13.4. The Morgan fingerprint density at radius 1 is 1.14 bits per heavy atom. The Labute approximate surface area is 170 Å². The molecule has 1 aliphatic rings. The van der Waals surface area contributed by atoms with Gasteiger partial charge < -0.3 is 10.3 Å². The van der Waals surface area contributed by atoms with Gasteiger partial charge in [0.1, 0.15) is 5.82 Å². The minimum absolute atomic E-state index is 0. The highest BCUT2D eigenvalue weighted by Crippen LogP contribution is 2.28. The van der Waals surface area contributed by atoms with Gasteiger partial charge in [0, 0.05) is 25.2 Å². The maximum atomic E-state index is 13.4. The third kappa shape index (κ3) is 4.76. The molecule has 2 heterocycles. The number of nitrogens with zero attached hydrogens (tertiary/aromatic N) is 3. The number of aromatic nitrogens is 2. The van der Waals surface area contributed by atoms with Crippen molar-refractivity contribution in [3.05, 3.63) is 71.4 Å². The van der Waals surface area contributed by atoms with Crippen LogP contribution in [0.3, 0.4) is 0 Å². The number of hydrogen-bond donors (Lipinski definition) is 1. The fraction of sp³-hybridized carbons (Fsp3) is 0.333. The van der Waals surface area contributed by atoms with Gasteiger partial charge in [-0.3, -0.25) is 4.90 Å². The quantitative estimate of drug-likeness (QED) is 0.694. The molecule has 0 saturated carbocycles. The number of hydrogen-bond acceptors (Lipinski definition) is 5. The first-order valence-electron chi connectivity index (χ1n) is 9.31. The second kappa shape index (κ2) is 9.28. The van der Waals surface area contributed by atoms with Crippen LogP contribution in [0.1, 0.15) is 35.8 Å². The topological polar surface area (TPSA) is 68.2 Å². The molecule has 0 bridgehead atoms. The van der Waals surface area contributed by atoms with Gasteiger partial charge in [-0.15, -0.1) is 12.4 Å². The van der Waals surface area contributed by atoms with Crippen molar-refractivity contribution in [2.45, 2.75) is 31.8 Å². The fourth-order valence-corrected chi connectivity index (χ4v) is 3.60. The smallest absolute Gasteiger partial charge is 0.231 e. The summed E-state index contributed by atoms with van der Waals surface area (Å²) < 4.78 is 19.0. The lowest BCUT2D eigenvalue weighted by molar-refractivity contribution is 0.180. The van der Waals surface area contributed by atoms with E-state index in [0.717, 1.165) is 49.2 Å². The lowest BCUT2D eigenvalue weighted by Gasteiger charge is -2.30. The standard InChI is InChI=1S/C21H23FN4O.ClH/c22-19-5-1-3-16(11-19)13-26-10-2-4-18(14-26)21-24-20(25-27-21)17-8-6-15(12-23)7-9-17;/h1,3,5-9,11,18H,2,4,10,12-14,23H2;1H. The second-order valence-electron chi connectivity index (χ2n) is 7.06. The molecule has 1 aromatic heterocycles. The van der Waals surface area contributed by atoms with E-state index in [2.05, 4.69) is 15.0 Å².